The third kappa shape index (κ3) is 5.55. The van der Waals surface area contributed by atoms with Crippen LogP contribution in [0.1, 0.15) is 45.4 Å². The average Bonchev–Trinajstić information content (AvgIpc) is 3.15. The number of carbonyl (C=O) groups excluding carboxylic acids is 2. The number of hydrogen-bond acceptors (Lipinski definition) is 6. The Hall–Kier alpha value is -2.46. The van der Waals surface area contributed by atoms with Gasteiger partial charge in [-0.05, 0) is 38.0 Å². The lowest BCUT2D eigenvalue weighted by atomic mass is 10.1. The highest BCUT2D eigenvalue weighted by Crippen LogP contribution is 2.25. The summed E-state index contributed by atoms with van der Waals surface area (Å²) in [7, 11) is -0.328. The lowest BCUT2D eigenvalue weighted by Crippen LogP contribution is -2.37. The highest BCUT2D eigenvalue weighted by molar-refractivity contribution is 7.89. The van der Waals surface area contributed by atoms with E-state index in [2.05, 4.69) is 4.98 Å². The lowest BCUT2D eigenvalue weighted by molar-refractivity contribution is -0.146. The number of aryl methyl sites for hydroxylation is 2. The van der Waals surface area contributed by atoms with Gasteiger partial charge in [-0.3, -0.25) is 9.59 Å². The average molecular weight is 479 g/mol. The molecule has 0 bridgehead atoms. The Morgan fingerprint density at radius 1 is 1.21 bits per heavy atom. The summed E-state index contributed by atoms with van der Waals surface area (Å²) in [5, 5.41) is 0. The van der Waals surface area contributed by atoms with Crippen molar-refractivity contribution in [2.24, 2.45) is 13.0 Å². The van der Waals surface area contributed by atoms with E-state index in [1.807, 2.05) is 18.5 Å². The zero-order valence-corrected chi connectivity index (χ0v) is 20.7. The summed E-state index contributed by atoms with van der Waals surface area (Å²) in [5.41, 5.74) is 1.42. The maximum absolute atomic E-state index is 13.0. The number of amides is 1. The number of carbonyl (C=O) groups is 2. The molecule has 1 amide bonds. The van der Waals surface area contributed by atoms with Crippen molar-refractivity contribution in [1.82, 2.24) is 18.8 Å². The molecule has 0 radical (unpaired) electrons. The van der Waals surface area contributed by atoms with E-state index in [1.165, 1.54) is 7.11 Å². The van der Waals surface area contributed by atoms with Crippen LogP contribution in [0.3, 0.4) is 0 Å². The molecule has 1 aliphatic rings. The van der Waals surface area contributed by atoms with E-state index in [4.69, 9.17) is 4.74 Å². The van der Waals surface area contributed by atoms with E-state index in [0.29, 0.717) is 43.9 Å². The van der Waals surface area contributed by atoms with Crippen molar-refractivity contribution < 1.29 is 22.7 Å². The van der Waals surface area contributed by atoms with Crippen LogP contribution in [0.4, 0.5) is 0 Å². The predicted octanol–water partition coefficient (Wildman–Crippen LogP) is 2.34. The highest BCUT2D eigenvalue weighted by Gasteiger charge is 2.27. The maximum atomic E-state index is 13.0. The molecule has 1 unspecified atom stereocenters. The molecule has 1 fully saturated rings. The normalized spacial score (nSPS) is 16.0. The summed E-state index contributed by atoms with van der Waals surface area (Å²) in [6, 6.07) is 5.04. The zero-order valence-electron chi connectivity index (χ0n) is 19.9. The molecule has 1 aromatic carbocycles. The van der Waals surface area contributed by atoms with Crippen LogP contribution in [0, 0.1) is 5.92 Å². The summed E-state index contributed by atoms with van der Waals surface area (Å²) in [6.45, 7) is 5.53. The molecule has 0 N–H and O–H groups in total. The van der Waals surface area contributed by atoms with Crippen LogP contribution in [-0.4, -0.2) is 72.3 Å². The largest absolute Gasteiger partial charge is 0.469 e. The molecule has 1 atom stereocenters. The van der Waals surface area contributed by atoms with Gasteiger partial charge in [0.2, 0.25) is 15.9 Å². The second kappa shape index (κ2) is 10.6. The van der Waals surface area contributed by atoms with Crippen molar-refractivity contribution >= 4 is 32.9 Å². The smallest absolute Gasteiger partial charge is 0.310 e. The van der Waals surface area contributed by atoms with Gasteiger partial charge in [0.25, 0.3) is 0 Å². The number of aromatic nitrogens is 2. The van der Waals surface area contributed by atoms with Gasteiger partial charge in [-0.25, -0.2) is 13.4 Å². The number of ether oxygens (including phenoxy) is 1. The van der Waals surface area contributed by atoms with Gasteiger partial charge in [0.05, 0.1) is 29.0 Å². The van der Waals surface area contributed by atoms with E-state index >= 15 is 0 Å². The monoisotopic (exact) mass is 478 g/mol. The first-order valence-corrected chi connectivity index (χ1v) is 12.9. The fraction of sp³-hybridized carbons (Fsp3) is 0.609. The fourth-order valence-electron chi connectivity index (χ4n) is 4.26. The minimum absolute atomic E-state index is 0.0614. The van der Waals surface area contributed by atoms with Gasteiger partial charge in [0.1, 0.15) is 5.82 Å². The number of benzene rings is 1. The van der Waals surface area contributed by atoms with Crippen LogP contribution in [-0.2, 0) is 37.8 Å². The molecule has 1 saturated heterocycles. The van der Waals surface area contributed by atoms with Crippen LogP contribution in [0.5, 0.6) is 0 Å². The molecular weight excluding hydrogens is 444 g/mol. The number of rotatable bonds is 9. The van der Waals surface area contributed by atoms with Gasteiger partial charge in [-0.2, -0.15) is 4.31 Å². The highest BCUT2D eigenvalue weighted by atomic mass is 32.2. The van der Waals surface area contributed by atoms with Gasteiger partial charge in [0, 0.05) is 46.1 Å². The molecule has 1 aromatic heterocycles. The predicted molar refractivity (Wildman–Crippen MR) is 125 cm³/mol. The third-order valence-corrected chi connectivity index (χ3v) is 8.19. The minimum Gasteiger partial charge on any atom is -0.469 e. The molecule has 0 aliphatic carbocycles. The molecule has 9 nitrogen and oxygen atoms in total. The van der Waals surface area contributed by atoms with E-state index in [-0.39, 0.29) is 23.2 Å². The Morgan fingerprint density at radius 2 is 1.91 bits per heavy atom. The number of esters is 1. The third-order valence-electron chi connectivity index (χ3n) is 6.29. The summed E-state index contributed by atoms with van der Waals surface area (Å²) in [5.74, 6) is -0.0848. The number of hydrogen-bond donors (Lipinski definition) is 0. The Labute approximate surface area is 195 Å². The van der Waals surface area contributed by atoms with E-state index in [0.717, 1.165) is 24.8 Å². The first-order valence-electron chi connectivity index (χ1n) is 11.5. The van der Waals surface area contributed by atoms with Crippen LogP contribution in [0.25, 0.3) is 11.0 Å². The number of methoxy groups -OCH3 is 1. The lowest BCUT2D eigenvalue weighted by Gasteiger charge is -2.25. The molecule has 3 rings (SSSR count). The van der Waals surface area contributed by atoms with Crippen LogP contribution >= 0.6 is 0 Å². The molecule has 0 saturated carbocycles. The Morgan fingerprint density at radius 3 is 2.55 bits per heavy atom. The molecule has 182 valence electrons. The van der Waals surface area contributed by atoms with E-state index < -0.39 is 15.9 Å². The molecule has 1 aliphatic heterocycles. The van der Waals surface area contributed by atoms with Crippen LogP contribution in [0.2, 0.25) is 0 Å². The molecule has 0 spiro atoms. The molecule has 10 heteroatoms. The SMILES string of the molecule is CCN(CC(C)C(=O)OC)C(=O)CCc1nc2cc(S(=O)(=O)N3CCCCC3)ccc2n1C. The van der Waals surface area contributed by atoms with Crippen molar-refractivity contribution in [3.05, 3.63) is 24.0 Å². The molecule has 2 aromatic rings. The van der Waals surface area contributed by atoms with Crippen molar-refractivity contribution in [3.8, 4) is 0 Å². The quantitative estimate of drug-likeness (QED) is 0.513. The van der Waals surface area contributed by atoms with Gasteiger partial charge in [-0.1, -0.05) is 13.3 Å². The maximum Gasteiger partial charge on any atom is 0.310 e. The number of piperidine rings is 1. The van der Waals surface area contributed by atoms with Gasteiger partial charge in [0.15, 0.2) is 0 Å². The Bertz CT molecular complexity index is 1110. The van der Waals surface area contributed by atoms with Crippen LogP contribution < -0.4 is 0 Å². The standard InChI is InChI=1S/C23H34N4O5S/c1-5-26(16-17(2)23(29)32-4)22(28)12-11-21-24-19-15-18(9-10-20(19)25(21)3)33(30,31)27-13-7-6-8-14-27/h9-10,15,17H,5-8,11-14,16H2,1-4H3. The molecule has 33 heavy (non-hydrogen) atoms. The number of sulfonamides is 1. The fourth-order valence-corrected chi connectivity index (χ4v) is 5.80. The topological polar surface area (TPSA) is 102 Å². The van der Waals surface area contributed by atoms with Crippen molar-refractivity contribution in [2.45, 2.75) is 50.8 Å². The summed E-state index contributed by atoms with van der Waals surface area (Å²) in [6.07, 6.45) is 3.50. The van der Waals surface area contributed by atoms with Gasteiger partial charge < -0.3 is 14.2 Å². The van der Waals surface area contributed by atoms with E-state index in [1.54, 1.807) is 34.3 Å². The Balaban J connectivity index is 1.73. The second-order valence-corrected chi connectivity index (χ2v) is 10.5. The van der Waals surface area contributed by atoms with E-state index in [9.17, 15) is 18.0 Å². The van der Waals surface area contributed by atoms with Crippen molar-refractivity contribution in [3.63, 3.8) is 0 Å². The van der Waals surface area contributed by atoms with Crippen molar-refractivity contribution in [1.29, 1.82) is 0 Å². The summed E-state index contributed by atoms with van der Waals surface area (Å²) < 4.78 is 34.2. The Kier molecular flexibility index (Phi) is 8.12. The minimum atomic E-state index is -3.53. The number of imidazole rings is 1. The van der Waals surface area contributed by atoms with Crippen molar-refractivity contribution in [2.75, 3.05) is 33.3 Å². The summed E-state index contributed by atoms with van der Waals surface area (Å²) >= 11 is 0. The van der Waals surface area contributed by atoms with Gasteiger partial charge >= 0.3 is 5.97 Å². The number of nitrogens with zero attached hydrogens (tertiary/aromatic N) is 4. The number of fused-ring (bicyclic) bond motifs is 1. The summed E-state index contributed by atoms with van der Waals surface area (Å²) in [4.78, 5) is 31.0. The first-order chi connectivity index (χ1) is 15.7. The zero-order chi connectivity index (χ0) is 24.2. The van der Waals surface area contributed by atoms with Crippen LogP contribution in [0.15, 0.2) is 23.1 Å². The second-order valence-electron chi connectivity index (χ2n) is 8.56. The van der Waals surface area contributed by atoms with Gasteiger partial charge in [-0.15, -0.1) is 0 Å². The first kappa shape index (κ1) is 25.2. The molecule has 2 heterocycles. The molecular formula is C23H34N4O5S.